The van der Waals surface area contributed by atoms with Crippen LogP contribution in [0.1, 0.15) is 18.2 Å². The van der Waals surface area contributed by atoms with Crippen LogP contribution in [-0.2, 0) is 6.42 Å². The summed E-state index contributed by atoms with van der Waals surface area (Å²) in [6, 6.07) is 7.60. The van der Waals surface area contributed by atoms with E-state index in [1.165, 1.54) is 0 Å². The van der Waals surface area contributed by atoms with Crippen LogP contribution in [0.3, 0.4) is 0 Å². The lowest BCUT2D eigenvalue weighted by Crippen LogP contribution is -1.78. The number of fused-ring (bicyclic) bond motifs is 1. The maximum Gasteiger partial charge on any atom is 0.145 e. The van der Waals surface area contributed by atoms with Crippen LogP contribution in [0.4, 0.5) is 0 Å². The third-order valence-electron chi connectivity index (χ3n) is 3.21. The van der Waals surface area contributed by atoms with Crippen LogP contribution < -0.4 is 0 Å². The average molecular weight is 261 g/mol. The first-order valence-electron chi connectivity index (χ1n) is 5.96. The number of hydrogen-bond donors (Lipinski definition) is 0. The Morgan fingerprint density at radius 1 is 1.28 bits per heavy atom. The lowest BCUT2D eigenvalue weighted by Gasteiger charge is -2.00. The normalized spacial score (nSPS) is 11.3. The summed E-state index contributed by atoms with van der Waals surface area (Å²) >= 11 is 6.18. The summed E-state index contributed by atoms with van der Waals surface area (Å²) in [6.07, 6.45) is 2.52. The van der Waals surface area contributed by atoms with E-state index in [2.05, 4.69) is 13.8 Å². The zero-order valence-electron chi connectivity index (χ0n) is 10.3. The van der Waals surface area contributed by atoms with Crippen molar-refractivity contribution < 1.29 is 8.83 Å². The molecule has 0 fully saturated rings. The zero-order chi connectivity index (χ0) is 12.7. The van der Waals surface area contributed by atoms with Crippen molar-refractivity contribution in [1.82, 2.24) is 0 Å². The maximum absolute atomic E-state index is 6.18. The van der Waals surface area contributed by atoms with Crippen molar-refractivity contribution in [1.29, 1.82) is 0 Å². The molecule has 0 bridgehead atoms. The van der Waals surface area contributed by atoms with Crippen molar-refractivity contribution in [3.8, 4) is 11.3 Å². The average Bonchev–Trinajstić information content (AvgIpc) is 2.98. The fourth-order valence-corrected chi connectivity index (χ4v) is 2.50. The molecule has 0 radical (unpaired) electrons. The molecule has 0 N–H and O–H groups in total. The zero-order valence-corrected chi connectivity index (χ0v) is 11.0. The second-order valence-corrected chi connectivity index (χ2v) is 4.75. The molecule has 2 heterocycles. The molecule has 0 unspecified atom stereocenters. The van der Waals surface area contributed by atoms with Crippen molar-refractivity contribution >= 4 is 22.6 Å². The molecule has 3 aromatic rings. The number of aryl methyl sites for hydroxylation is 2. The Kier molecular flexibility index (Phi) is 2.67. The Labute approximate surface area is 110 Å². The van der Waals surface area contributed by atoms with Crippen LogP contribution in [0.25, 0.3) is 22.3 Å². The Hall–Kier alpha value is -1.67. The van der Waals surface area contributed by atoms with Gasteiger partial charge in [-0.1, -0.05) is 18.5 Å². The van der Waals surface area contributed by atoms with Gasteiger partial charge in [-0.2, -0.15) is 0 Å². The van der Waals surface area contributed by atoms with Crippen LogP contribution in [0, 0.1) is 6.92 Å². The standard InChI is InChI=1S/C15H13ClO2/c1-3-13-9(2)11-7-10(16)8-12(15(11)18-13)14-5-4-6-17-14/h4-8H,3H2,1-2H3. The highest BCUT2D eigenvalue weighted by molar-refractivity contribution is 6.32. The highest BCUT2D eigenvalue weighted by atomic mass is 35.5. The minimum absolute atomic E-state index is 0.695. The van der Waals surface area contributed by atoms with Gasteiger partial charge < -0.3 is 8.83 Å². The minimum atomic E-state index is 0.695. The lowest BCUT2D eigenvalue weighted by molar-refractivity contribution is 0.549. The molecule has 0 atom stereocenters. The fraction of sp³-hybridized carbons (Fsp3) is 0.200. The second kappa shape index (κ2) is 4.21. The summed E-state index contributed by atoms with van der Waals surface area (Å²) in [4.78, 5) is 0. The molecule has 2 aromatic heterocycles. The SMILES string of the molecule is CCc1oc2c(-c3ccco3)cc(Cl)cc2c1C. The highest BCUT2D eigenvalue weighted by Gasteiger charge is 2.16. The molecule has 0 spiro atoms. The molecular formula is C15H13ClO2. The maximum atomic E-state index is 6.18. The van der Waals surface area contributed by atoms with E-state index in [0.717, 1.165) is 40.0 Å². The molecule has 0 saturated heterocycles. The predicted octanol–water partition coefficient (Wildman–Crippen LogP) is 5.22. The van der Waals surface area contributed by atoms with Gasteiger partial charge in [0, 0.05) is 16.8 Å². The van der Waals surface area contributed by atoms with E-state index in [1.807, 2.05) is 24.3 Å². The van der Waals surface area contributed by atoms with Crippen molar-refractivity contribution in [3.63, 3.8) is 0 Å². The molecule has 3 rings (SSSR count). The third kappa shape index (κ3) is 1.65. The molecular weight excluding hydrogens is 248 g/mol. The van der Waals surface area contributed by atoms with E-state index in [9.17, 15) is 0 Å². The number of hydrogen-bond acceptors (Lipinski definition) is 2. The van der Waals surface area contributed by atoms with Gasteiger partial charge in [-0.25, -0.2) is 0 Å². The van der Waals surface area contributed by atoms with Crippen LogP contribution in [0.2, 0.25) is 5.02 Å². The van der Waals surface area contributed by atoms with Crippen LogP contribution >= 0.6 is 11.6 Å². The van der Waals surface area contributed by atoms with E-state index < -0.39 is 0 Å². The quantitative estimate of drug-likeness (QED) is 0.632. The Morgan fingerprint density at radius 2 is 2.11 bits per heavy atom. The van der Waals surface area contributed by atoms with Gasteiger partial charge in [0.2, 0.25) is 0 Å². The van der Waals surface area contributed by atoms with E-state index in [0.29, 0.717) is 5.02 Å². The molecule has 2 nitrogen and oxygen atoms in total. The van der Waals surface area contributed by atoms with E-state index in [4.69, 9.17) is 20.4 Å². The second-order valence-electron chi connectivity index (χ2n) is 4.31. The van der Waals surface area contributed by atoms with Gasteiger partial charge in [0.15, 0.2) is 0 Å². The first-order valence-corrected chi connectivity index (χ1v) is 6.34. The summed E-state index contributed by atoms with van der Waals surface area (Å²) in [7, 11) is 0. The van der Waals surface area contributed by atoms with Gasteiger partial charge in [-0.3, -0.25) is 0 Å². The monoisotopic (exact) mass is 260 g/mol. The number of halogens is 1. The van der Waals surface area contributed by atoms with Crippen LogP contribution in [0.15, 0.2) is 39.4 Å². The molecule has 0 aliphatic carbocycles. The summed E-state index contributed by atoms with van der Waals surface area (Å²) < 4.78 is 11.4. The van der Waals surface area contributed by atoms with Gasteiger partial charge in [-0.05, 0) is 36.8 Å². The molecule has 1 aromatic carbocycles. The van der Waals surface area contributed by atoms with Crippen LogP contribution in [-0.4, -0.2) is 0 Å². The largest absolute Gasteiger partial charge is 0.464 e. The lowest BCUT2D eigenvalue weighted by atomic mass is 10.1. The number of rotatable bonds is 2. The van der Waals surface area contributed by atoms with Gasteiger partial charge >= 0.3 is 0 Å². The van der Waals surface area contributed by atoms with Crippen LogP contribution in [0.5, 0.6) is 0 Å². The first kappa shape index (κ1) is 11.4. The Bertz CT molecular complexity index is 693. The van der Waals surface area contributed by atoms with Gasteiger partial charge in [0.05, 0.1) is 11.8 Å². The van der Waals surface area contributed by atoms with Gasteiger partial charge in [0.25, 0.3) is 0 Å². The molecule has 0 saturated carbocycles. The predicted molar refractivity (Wildman–Crippen MR) is 73.0 cm³/mol. The molecule has 0 amide bonds. The number of furan rings is 2. The Balaban J connectivity index is 2.38. The van der Waals surface area contributed by atoms with Crippen molar-refractivity contribution in [2.24, 2.45) is 0 Å². The minimum Gasteiger partial charge on any atom is -0.464 e. The van der Waals surface area contributed by atoms with Gasteiger partial charge in [0.1, 0.15) is 17.1 Å². The van der Waals surface area contributed by atoms with Crippen molar-refractivity contribution in [3.05, 3.63) is 46.9 Å². The van der Waals surface area contributed by atoms with Crippen molar-refractivity contribution in [2.45, 2.75) is 20.3 Å². The summed E-state index contributed by atoms with van der Waals surface area (Å²) in [6.45, 7) is 4.14. The van der Waals surface area contributed by atoms with E-state index in [-0.39, 0.29) is 0 Å². The van der Waals surface area contributed by atoms with Gasteiger partial charge in [-0.15, -0.1) is 0 Å². The summed E-state index contributed by atoms with van der Waals surface area (Å²) in [5.41, 5.74) is 2.91. The summed E-state index contributed by atoms with van der Waals surface area (Å²) in [5, 5.41) is 1.76. The molecule has 0 aliphatic rings. The smallest absolute Gasteiger partial charge is 0.145 e. The van der Waals surface area contributed by atoms with Crippen molar-refractivity contribution in [2.75, 3.05) is 0 Å². The third-order valence-corrected chi connectivity index (χ3v) is 3.43. The molecule has 0 aliphatic heterocycles. The number of benzene rings is 1. The van der Waals surface area contributed by atoms with E-state index in [1.54, 1.807) is 6.26 Å². The van der Waals surface area contributed by atoms with E-state index >= 15 is 0 Å². The highest BCUT2D eigenvalue weighted by Crippen LogP contribution is 2.36. The summed E-state index contributed by atoms with van der Waals surface area (Å²) in [5.74, 6) is 1.78. The Morgan fingerprint density at radius 3 is 2.78 bits per heavy atom. The topological polar surface area (TPSA) is 26.3 Å². The first-order chi connectivity index (χ1) is 8.70. The molecule has 92 valence electrons. The molecule has 3 heteroatoms. The fourth-order valence-electron chi connectivity index (χ4n) is 2.28. The molecule has 18 heavy (non-hydrogen) atoms.